The zero-order valence-corrected chi connectivity index (χ0v) is 16.2. The van der Waals surface area contributed by atoms with Crippen molar-refractivity contribution in [2.75, 3.05) is 13.2 Å². The average molecular weight is 390 g/mol. The summed E-state index contributed by atoms with van der Waals surface area (Å²) in [5, 5.41) is 15.6. The summed E-state index contributed by atoms with van der Waals surface area (Å²) in [7, 11) is 0. The van der Waals surface area contributed by atoms with E-state index in [1.54, 1.807) is 0 Å². The lowest BCUT2D eigenvalue weighted by Crippen LogP contribution is -2.52. The number of amides is 2. The maximum Gasteiger partial charge on any atom is 0.271 e. The van der Waals surface area contributed by atoms with E-state index < -0.39 is 6.10 Å². The predicted octanol–water partition coefficient (Wildman–Crippen LogP) is 1.20. The van der Waals surface area contributed by atoms with Gasteiger partial charge in [-0.3, -0.25) is 14.6 Å². The highest BCUT2D eigenvalue weighted by Crippen LogP contribution is 2.26. The molecule has 0 unspecified atom stereocenters. The van der Waals surface area contributed by atoms with Crippen molar-refractivity contribution in [3.05, 3.63) is 24.3 Å². The highest BCUT2D eigenvalue weighted by Gasteiger charge is 2.33. The maximum atomic E-state index is 12.5. The molecule has 1 aliphatic carbocycles. The van der Waals surface area contributed by atoms with Gasteiger partial charge in [0.1, 0.15) is 11.8 Å². The molecule has 1 saturated carbocycles. The van der Waals surface area contributed by atoms with Gasteiger partial charge >= 0.3 is 0 Å². The molecular weight excluding hydrogens is 360 g/mol. The molecule has 2 heterocycles. The molecule has 0 bridgehead atoms. The molecule has 2 fully saturated rings. The fourth-order valence-electron chi connectivity index (χ4n) is 4.03. The van der Waals surface area contributed by atoms with Crippen LogP contribution < -0.4 is 10.6 Å². The summed E-state index contributed by atoms with van der Waals surface area (Å²) in [5.41, 5.74) is 0.283. The van der Waals surface area contributed by atoms with Crippen LogP contribution in [-0.2, 0) is 9.53 Å². The zero-order chi connectivity index (χ0) is 19.8. The molecule has 2 amide bonds. The molecule has 1 aromatic heterocycles. The Labute approximate surface area is 165 Å². The van der Waals surface area contributed by atoms with Crippen LogP contribution in [0.3, 0.4) is 0 Å². The van der Waals surface area contributed by atoms with Gasteiger partial charge in [0, 0.05) is 24.9 Å². The topological polar surface area (TPSA) is 113 Å². The molecule has 2 aliphatic rings. The number of carbonyl (C=O) groups excluding carboxylic acids is 2. The smallest absolute Gasteiger partial charge is 0.271 e. The number of hydrogen-bond donors (Lipinski definition) is 3. The Bertz CT molecular complexity index is 636. The van der Waals surface area contributed by atoms with Gasteiger partial charge in [-0.1, -0.05) is 19.3 Å². The summed E-state index contributed by atoms with van der Waals surface area (Å²) in [4.78, 5) is 32.3. The predicted molar refractivity (Wildman–Crippen MR) is 102 cm³/mol. The molecule has 3 atom stereocenters. The summed E-state index contributed by atoms with van der Waals surface area (Å²) in [5.74, 6) is -0.0659. The Morgan fingerprint density at radius 1 is 1.14 bits per heavy atom. The van der Waals surface area contributed by atoms with E-state index in [1.807, 2.05) is 0 Å². The Morgan fingerprint density at radius 3 is 2.68 bits per heavy atom. The van der Waals surface area contributed by atoms with Crippen LogP contribution in [-0.4, -0.2) is 58.3 Å². The monoisotopic (exact) mass is 390 g/mol. The molecule has 3 rings (SSSR count). The fraction of sp³-hybridized carbons (Fsp3) is 0.700. The van der Waals surface area contributed by atoms with Gasteiger partial charge in [-0.05, 0) is 32.1 Å². The SMILES string of the molecule is O=C(NCC[C@H]1CC[C@H](NC(=O)C2CCCCC2)[C@H](CO)O1)c1cnccn1. The van der Waals surface area contributed by atoms with E-state index in [9.17, 15) is 14.7 Å². The number of ether oxygens (including phenoxy) is 1. The van der Waals surface area contributed by atoms with Gasteiger partial charge in [-0.2, -0.15) is 0 Å². The lowest BCUT2D eigenvalue weighted by Gasteiger charge is -2.37. The lowest BCUT2D eigenvalue weighted by atomic mass is 9.88. The normalized spacial score (nSPS) is 25.8. The number of nitrogens with one attached hydrogen (secondary N) is 2. The Balaban J connectivity index is 1.41. The number of aromatic nitrogens is 2. The van der Waals surface area contributed by atoms with Crippen LogP contribution >= 0.6 is 0 Å². The van der Waals surface area contributed by atoms with Crippen molar-refractivity contribution < 1.29 is 19.4 Å². The van der Waals surface area contributed by atoms with Gasteiger partial charge < -0.3 is 20.5 Å². The third-order valence-corrected chi connectivity index (χ3v) is 5.65. The van der Waals surface area contributed by atoms with Crippen molar-refractivity contribution in [3.8, 4) is 0 Å². The first kappa shape index (κ1) is 20.7. The van der Waals surface area contributed by atoms with Crippen molar-refractivity contribution in [3.63, 3.8) is 0 Å². The molecule has 1 aromatic rings. The molecule has 0 radical (unpaired) electrons. The quantitative estimate of drug-likeness (QED) is 0.645. The van der Waals surface area contributed by atoms with Crippen molar-refractivity contribution in [1.82, 2.24) is 20.6 Å². The minimum Gasteiger partial charge on any atom is -0.394 e. The van der Waals surface area contributed by atoms with E-state index in [2.05, 4.69) is 20.6 Å². The number of nitrogens with zero attached hydrogens (tertiary/aromatic N) is 2. The van der Waals surface area contributed by atoms with Crippen molar-refractivity contribution in [1.29, 1.82) is 0 Å². The van der Waals surface area contributed by atoms with E-state index in [4.69, 9.17) is 4.74 Å². The average Bonchev–Trinajstić information content (AvgIpc) is 2.75. The second kappa shape index (κ2) is 10.5. The molecular formula is C20H30N4O4. The molecule has 154 valence electrons. The van der Waals surface area contributed by atoms with E-state index >= 15 is 0 Å². The Kier molecular flexibility index (Phi) is 7.73. The van der Waals surface area contributed by atoms with Gasteiger partial charge in [0.05, 0.1) is 24.9 Å². The largest absolute Gasteiger partial charge is 0.394 e. The fourth-order valence-corrected chi connectivity index (χ4v) is 4.03. The van der Waals surface area contributed by atoms with Crippen LogP contribution in [0.4, 0.5) is 0 Å². The summed E-state index contributed by atoms with van der Waals surface area (Å²) in [6.07, 6.45) is 11.5. The first-order valence-corrected chi connectivity index (χ1v) is 10.3. The van der Waals surface area contributed by atoms with Crippen LogP contribution in [0.5, 0.6) is 0 Å². The lowest BCUT2D eigenvalue weighted by molar-refractivity contribution is -0.132. The minimum absolute atomic E-state index is 0.0536. The van der Waals surface area contributed by atoms with Crippen LogP contribution in [0.25, 0.3) is 0 Å². The first-order valence-electron chi connectivity index (χ1n) is 10.3. The van der Waals surface area contributed by atoms with Crippen molar-refractivity contribution in [2.45, 2.75) is 69.6 Å². The van der Waals surface area contributed by atoms with Crippen molar-refractivity contribution >= 4 is 11.8 Å². The molecule has 8 nitrogen and oxygen atoms in total. The highest BCUT2D eigenvalue weighted by atomic mass is 16.5. The standard InChI is InChI=1S/C20H30N4O4/c25-13-18-16(24-19(26)14-4-2-1-3-5-14)7-6-15(28-18)8-9-23-20(27)17-12-21-10-11-22-17/h10-12,14-16,18,25H,1-9,13H2,(H,23,27)(H,24,26)/t15-,16+,18+/m1/s1. The van der Waals surface area contributed by atoms with Crippen LogP contribution in [0, 0.1) is 5.92 Å². The molecule has 1 aliphatic heterocycles. The molecule has 1 saturated heterocycles. The van der Waals surface area contributed by atoms with Gasteiger partial charge in [0.2, 0.25) is 5.91 Å². The third-order valence-electron chi connectivity index (χ3n) is 5.65. The second-order valence-corrected chi connectivity index (χ2v) is 7.64. The van der Waals surface area contributed by atoms with E-state index in [0.29, 0.717) is 13.0 Å². The van der Waals surface area contributed by atoms with E-state index in [1.165, 1.54) is 25.0 Å². The number of carbonyl (C=O) groups is 2. The van der Waals surface area contributed by atoms with Crippen LogP contribution in [0.15, 0.2) is 18.6 Å². The van der Waals surface area contributed by atoms with Crippen LogP contribution in [0.2, 0.25) is 0 Å². The molecule has 0 spiro atoms. The summed E-state index contributed by atoms with van der Waals surface area (Å²) < 4.78 is 5.98. The molecule has 8 heteroatoms. The minimum atomic E-state index is -0.401. The number of hydrogen-bond acceptors (Lipinski definition) is 6. The number of aliphatic hydroxyl groups is 1. The Morgan fingerprint density at radius 2 is 1.96 bits per heavy atom. The number of aliphatic hydroxyl groups excluding tert-OH is 1. The molecule has 0 aromatic carbocycles. The first-order chi connectivity index (χ1) is 13.7. The van der Waals surface area contributed by atoms with Gasteiger partial charge in [0.15, 0.2) is 0 Å². The van der Waals surface area contributed by atoms with Gasteiger partial charge in [-0.15, -0.1) is 0 Å². The Hall–Kier alpha value is -2.06. The van der Waals surface area contributed by atoms with Gasteiger partial charge in [-0.25, -0.2) is 4.98 Å². The summed E-state index contributed by atoms with van der Waals surface area (Å²) in [6, 6.07) is -0.148. The molecule has 28 heavy (non-hydrogen) atoms. The van der Waals surface area contributed by atoms with Crippen molar-refractivity contribution in [2.24, 2.45) is 5.92 Å². The zero-order valence-electron chi connectivity index (χ0n) is 16.2. The van der Waals surface area contributed by atoms with E-state index in [-0.39, 0.29) is 42.2 Å². The second-order valence-electron chi connectivity index (χ2n) is 7.64. The maximum absolute atomic E-state index is 12.5. The molecule has 3 N–H and O–H groups in total. The van der Waals surface area contributed by atoms with Gasteiger partial charge in [0.25, 0.3) is 5.91 Å². The van der Waals surface area contributed by atoms with Crippen LogP contribution in [0.1, 0.15) is 61.9 Å². The highest BCUT2D eigenvalue weighted by molar-refractivity contribution is 5.91. The summed E-state index contributed by atoms with van der Waals surface area (Å²) in [6.45, 7) is 0.329. The number of rotatable bonds is 7. The summed E-state index contributed by atoms with van der Waals surface area (Å²) >= 11 is 0. The third kappa shape index (κ3) is 5.72. The van der Waals surface area contributed by atoms with E-state index in [0.717, 1.165) is 38.5 Å².